The number of benzene rings is 10. The van der Waals surface area contributed by atoms with Crippen LogP contribution in [0.25, 0.3) is 97.0 Å². The van der Waals surface area contributed by atoms with Gasteiger partial charge in [0.1, 0.15) is 11.2 Å². The molecule has 0 fully saturated rings. The van der Waals surface area contributed by atoms with Crippen molar-refractivity contribution in [2.45, 2.75) is 0 Å². The number of hydrogen-bond donors (Lipinski definition) is 0. The number of anilines is 3. The maximum Gasteiger partial charge on any atom is 0.143 e. The summed E-state index contributed by atoms with van der Waals surface area (Å²) in [6, 6.07) is 77.1. The van der Waals surface area contributed by atoms with E-state index in [1.54, 1.807) is 0 Å². The lowest BCUT2D eigenvalue weighted by Crippen LogP contribution is -2.12. The minimum absolute atomic E-state index is 0.898. The fourth-order valence-corrected chi connectivity index (χ4v) is 10.3. The van der Waals surface area contributed by atoms with Crippen LogP contribution in [0.1, 0.15) is 0 Å². The zero-order valence-electron chi connectivity index (χ0n) is 32.0. The van der Waals surface area contributed by atoms with E-state index in [4.69, 9.17) is 4.42 Å². The number of hydrogen-bond acceptors (Lipinski definition) is 3. The van der Waals surface area contributed by atoms with E-state index in [9.17, 15) is 0 Å². The van der Waals surface area contributed by atoms with Gasteiger partial charge in [-0.2, -0.15) is 0 Å². The molecule has 59 heavy (non-hydrogen) atoms. The van der Waals surface area contributed by atoms with Crippen molar-refractivity contribution in [2.24, 2.45) is 0 Å². The smallest absolute Gasteiger partial charge is 0.143 e. The Balaban J connectivity index is 1.16. The minimum Gasteiger partial charge on any atom is -0.455 e. The second kappa shape index (κ2) is 13.6. The lowest BCUT2D eigenvalue weighted by Gasteiger charge is -2.29. The predicted molar refractivity (Wildman–Crippen MR) is 253 cm³/mol. The van der Waals surface area contributed by atoms with Crippen LogP contribution in [0.4, 0.5) is 17.1 Å². The highest BCUT2D eigenvalue weighted by Crippen LogP contribution is 2.49. The third-order valence-electron chi connectivity index (χ3n) is 11.8. The molecule has 2 heterocycles. The Morgan fingerprint density at radius 3 is 1.92 bits per heavy atom. The standard InChI is InChI=1S/C56H35NOS/c1-2-15-36(16-3-1)42-32-31-39(50-34-38-17-4-5-20-41(38)44-21-6-7-22-45(44)50)35-52(42)57(51-28-14-27-49-47-24-9-11-30-54(47)59-56(49)51)40-19-12-18-37(33-40)43-25-13-26-48-46-23-8-10-29-53(46)58-55(43)48/h1-35H. The average molecular weight is 770 g/mol. The molecule has 0 atom stereocenters. The number of rotatable bonds is 6. The summed E-state index contributed by atoms with van der Waals surface area (Å²) < 4.78 is 9.12. The molecule has 10 aromatic carbocycles. The van der Waals surface area contributed by atoms with Crippen LogP contribution < -0.4 is 4.90 Å². The van der Waals surface area contributed by atoms with Gasteiger partial charge in [0.15, 0.2) is 0 Å². The molecule has 0 saturated carbocycles. The number of nitrogens with zero attached hydrogens (tertiary/aromatic N) is 1. The van der Waals surface area contributed by atoms with Crippen LogP contribution in [0.2, 0.25) is 0 Å². The van der Waals surface area contributed by atoms with Gasteiger partial charge in [0.25, 0.3) is 0 Å². The molecule has 0 radical (unpaired) electrons. The van der Waals surface area contributed by atoms with Gasteiger partial charge in [-0.05, 0) is 86.3 Å². The Morgan fingerprint density at radius 2 is 1.02 bits per heavy atom. The van der Waals surface area contributed by atoms with Crippen molar-refractivity contribution in [1.29, 1.82) is 0 Å². The molecule has 0 N–H and O–H groups in total. The molecule has 0 amide bonds. The Bertz CT molecular complexity index is 3580. The second-order valence-corrected chi connectivity index (χ2v) is 16.3. The first kappa shape index (κ1) is 33.7. The van der Waals surface area contributed by atoms with Crippen LogP contribution in [0.15, 0.2) is 217 Å². The first-order chi connectivity index (χ1) is 29.3. The molecule has 0 aliphatic rings. The average Bonchev–Trinajstić information content (AvgIpc) is 3.89. The van der Waals surface area contributed by atoms with Gasteiger partial charge in [0, 0.05) is 43.1 Å². The molecule has 3 heteroatoms. The molecule has 12 aromatic rings. The van der Waals surface area contributed by atoms with Gasteiger partial charge in [-0.25, -0.2) is 0 Å². The normalized spacial score (nSPS) is 11.7. The number of fused-ring (bicyclic) bond motifs is 9. The lowest BCUT2D eigenvalue weighted by atomic mass is 9.91. The van der Waals surface area contributed by atoms with Gasteiger partial charge < -0.3 is 9.32 Å². The van der Waals surface area contributed by atoms with Crippen molar-refractivity contribution in [3.8, 4) is 33.4 Å². The summed E-state index contributed by atoms with van der Waals surface area (Å²) in [5, 5.41) is 9.78. The van der Waals surface area contributed by atoms with E-state index in [0.29, 0.717) is 0 Å². The second-order valence-electron chi connectivity index (χ2n) is 15.2. The monoisotopic (exact) mass is 769 g/mol. The molecular formula is C56H35NOS. The van der Waals surface area contributed by atoms with Gasteiger partial charge in [-0.3, -0.25) is 0 Å². The Hall–Kier alpha value is -7.46. The Kier molecular flexibility index (Phi) is 7.75. The SMILES string of the molecule is c1ccc(-c2ccc(-c3cc4ccccc4c4ccccc34)cc2N(c2cccc(-c3cccc4c3oc3ccccc34)c2)c2cccc3c2sc2ccccc23)cc1. The van der Waals surface area contributed by atoms with Crippen molar-refractivity contribution in [1.82, 2.24) is 0 Å². The van der Waals surface area contributed by atoms with Gasteiger partial charge in [-0.1, -0.05) is 170 Å². The predicted octanol–water partition coefficient (Wildman–Crippen LogP) is 16.7. The molecule has 0 aliphatic carbocycles. The van der Waals surface area contributed by atoms with Crippen LogP contribution in [-0.4, -0.2) is 0 Å². The summed E-state index contributed by atoms with van der Waals surface area (Å²) in [5.41, 5.74) is 12.0. The van der Waals surface area contributed by atoms with Crippen LogP contribution >= 0.6 is 11.3 Å². The lowest BCUT2D eigenvalue weighted by molar-refractivity contribution is 0.670. The van der Waals surface area contributed by atoms with Crippen LogP contribution in [0.3, 0.4) is 0 Å². The topological polar surface area (TPSA) is 16.4 Å². The van der Waals surface area contributed by atoms with E-state index in [1.807, 2.05) is 17.4 Å². The van der Waals surface area contributed by atoms with Crippen LogP contribution in [0.5, 0.6) is 0 Å². The molecule has 0 unspecified atom stereocenters. The summed E-state index contributed by atoms with van der Waals surface area (Å²) in [5.74, 6) is 0. The van der Waals surface area contributed by atoms with E-state index in [-0.39, 0.29) is 0 Å². The quantitative estimate of drug-likeness (QED) is 0.157. The Morgan fingerprint density at radius 1 is 0.356 bits per heavy atom. The van der Waals surface area contributed by atoms with Crippen LogP contribution in [-0.2, 0) is 0 Å². The molecule has 2 nitrogen and oxygen atoms in total. The molecule has 0 bridgehead atoms. The molecular weight excluding hydrogens is 735 g/mol. The maximum atomic E-state index is 6.59. The van der Waals surface area contributed by atoms with E-state index in [0.717, 1.165) is 61.3 Å². The first-order valence-corrected chi connectivity index (χ1v) is 20.9. The molecule has 12 rings (SSSR count). The largest absolute Gasteiger partial charge is 0.455 e. The van der Waals surface area contributed by atoms with Crippen molar-refractivity contribution < 1.29 is 4.42 Å². The van der Waals surface area contributed by atoms with Gasteiger partial charge in [-0.15, -0.1) is 11.3 Å². The molecule has 276 valence electrons. The zero-order chi connectivity index (χ0) is 38.9. The highest BCUT2D eigenvalue weighted by atomic mass is 32.1. The van der Waals surface area contributed by atoms with Crippen molar-refractivity contribution in [2.75, 3.05) is 4.90 Å². The summed E-state index contributed by atoms with van der Waals surface area (Å²) in [6.07, 6.45) is 0. The highest BCUT2D eigenvalue weighted by molar-refractivity contribution is 7.26. The van der Waals surface area contributed by atoms with E-state index in [1.165, 1.54) is 52.8 Å². The number of thiophene rings is 1. The van der Waals surface area contributed by atoms with Crippen molar-refractivity contribution in [3.05, 3.63) is 212 Å². The molecule has 2 aromatic heterocycles. The zero-order valence-corrected chi connectivity index (χ0v) is 32.8. The van der Waals surface area contributed by atoms with Gasteiger partial charge >= 0.3 is 0 Å². The summed E-state index contributed by atoms with van der Waals surface area (Å²) in [6.45, 7) is 0. The fourth-order valence-electron chi connectivity index (χ4n) is 9.14. The molecule has 0 aliphatic heterocycles. The van der Waals surface area contributed by atoms with E-state index < -0.39 is 0 Å². The van der Waals surface area contributed by atoms with Gasteiger partial charge in [0.2, 0.25) is 0 Å². The summed E-state index contributed by atoms with van der Waals surface area (Å²) >= 11 is 1.86. The number of furan rings is 1. The van der Waals surface area contributed by atoms with Crippen LogP contribution in [0, 0.1) is 0 Å². The summed E-state index contributed by atoms with van der Waals surface area (Å²) in [7, 11) is 0. The first-order valence-electron chi connectivity index (χ1n) is 20.1. The van der Waals surface area contributed by atoms with Crippen molar-refractivity contribution >= 4 is 92.1 Å². The van der Waals surface area contributed by atoms with E-state index in [2.05, 4.69) is 211 Å². The minimum atomic E-state index is 0.898. The van der Waals surface area contributed by atoms with Crippen molar-refractivity contribution in [3.63, 3.8) is 0 Å². The van der Waals surface area contributed by atoms with E-state index >= 15 is 0 Å². The third kappa shape index (κ3) is 5.47. The molecule has 0 saturated heterocycles. The summed E-state index contributed by atoms with van der Waals surface area (Å²) in [4.78, 5) is 2.50. The van der Waals surface area contributed by atoms with Gasteiger partial charge in [0.05, 0.1) is 16.1 Å². The number of para-hydroxylation sites is 2. The Labute approximate surface area is 345 Å². The fraction of sp³-hybridized carbons (Fsp3) is 0. The third-order valence-corrected chi connectivity index (χ3v) is 13.1. The maximum absolute atomic E-state index is 6.59. The molecule has 0 spiro atoms. The highest BCUT2D eigenvalue weighted by Gasteiger charge is 2.23.